The molecule has 2 saturated heterocycles. The van der Waals surface area contributed by atoms with Crippen LogP contribution in [0.3, 0.4) is 0 Å². The van der Waals surface area contributed by atoms with E-state index in [1.54, 1.807) is 4.90 Å². The summed E-state index contributed by atoms with van der Waals surface area (Å²) in [7, 11) is 3.25. The third kappa shape index (κ3) is 2.84. The van der Waals surface area contributed by atoms with E-state index in [-0.39, 0.29) is 30.4 Å². The Morgan fingerprint density at radius 3 is 2.94 bits per heavy atom. The molecule has 2 amide bonds. The minimum atomic E-state index is -0.160. The van der Waals surface area contributed by atoms with Gasteiger partial charge in [-0.25, -0.2) is 0 Å². The number of hydrogen-bond donors (Lipinski definition) is 1. The number of carbonyl (C=O) groups is 2. The zero-order chi connectivity index (χ0) is 13.1. The summed E-state index contributed by atoms with van der Waals surface area (Å²) in [5.74, 6) is 0.105. The van der Waals surface area contributed by atoms with Gasteiger partial charge in [-0.1, -0.05) is 15.9 Å². The topological polar surface area (TPSA) is 52.7 Å². The van der Waals surface area contributed by atoms with Gasteiger partial charge in [-0.2, -0.15) is 0 Å². The molecule has 2 aliphatic heterocycles. The normalized spacial score (nSPS) is 30.4. The van der Waals surface area contributed by atoms with E-state index in [1.807, 2.05) is 6.92 Å². The average Bonchev–Trinajstić information content (AvgIpc) is 2.47. The smallest absolute Gasteiger partial charge is 0.242 e. The Morgan fingerprint density at radius 2 is 2.28 bits per heavy atom. The summed E-state index contributed by atoms with van der Waals surface area (Å²) in [6.45, 7) is 3.87. The summed E-state index contributed by atoms with van der Waals surface area (Å²) in [5, 5.41) is 3.02. The van der Waals surface area contributed by atoms with Gasteiger partial charge < -0.3 is 10.2 Å². The molecule has 2 fully saturated rings. The van der Waals surface area contributed by atoms with Crippen LogP contribution in [0.15, 0.2) is 0 Å². The predicted octanol–water partition coefficient (Wildman–Crippen LogP) is 0.571. The Hall–Kier alpha value is -0.240. The van der Waals surface area contributed by atoms with Gasteiger partial charge in [0, 0.05) is 13.1 Å². The highest BCUT2D eigenvalue weighted by molar-refractivity contribution is 8.01. The number of piperidine rings is 1. The summed E-state index contributed by atoms with van der Waals surface area (Å²) in [4.78, 5) is 26.1. The Bertz CT molecular complexity index is 340. The van der Waals surface area contributed by atoms with E-state index in [0.29, 0.717) is 15.0 Å². The van der Waals surface area contributed by atoms with Crippen molar-refractivity contribution in [3.05, 3.63) is 0 Å². The van der Waals surface area contributed by atoms with Crippen molar-refractivity contribution in [2.45, 2.75) is 38.3 Å². The molecule has 1 N–H and O–H groups in total. The number of nitrogens with one attached hydrogen (secondary N) is 1. The summed E-state index contributed by atoms with van der Waals surface area (Å²) in [5.41, 5.74) is 0. The van der Waals surface area contributed by atoms with Crippen molar-refractivity contribution in [1.29, 1.82) is 0 Å². The standard InChI is InChI=1S/C11H21N3O2P2/c1-2-5-13-7-9(15)12-8-4-3-6-14(18-17)10(8)11(13)16/h8,10,18H,2-7,17H2,1H3,(H,12,15). The molecular formula is C11H21N3O2P2. The van der Waals surface area contributed by atoms with Crippen LogP contribution in [0.25, 0.3) is 0 Å². The van der Waals surface area contributed by atoms with Crippen molar-refractivity contribution in [2.75, 3.05) is 19.6 Å². The lowest BCUT2D eigenvalue weighted by Gasteiger charge is -2.39. The molecule has 4 unspecified atom stereocenters. The van der Waals surface area contributed by atoms with Crippen LogP contribution in [0.1, 0.15) is 26.2 Å². The third-order valence-corrected chi connectivity index (χ3v) is 5.36. The highest BCUT2D eigenvalue weighted by Crippen LogP contribution is 2.35. The van der Waals surface area contributed by atoms with Crippen LogP contribution >= 0.6 is 17.3 Å². The first-order chi connectivity index (χ1) is 8.67. The zero-order valence-electron chi connectivity index (χ0n) is 10.7. The molecule has 18 heavy (non-hydrogen) atoms. The summed E-state index contributed by atoms with van der Waals surface area (Å²) in [6.07, 6.45) is 2.84. The fourth-order valence-corrected chi connectivity index (χ4v) is 4.35. The monoisotopic (exact) mass is 289 g/mol. The van der Waals surface area contributed by atoms with Crippen LogP contribution in [0.5, 0.6) is 0 Å². The summed E-state index contributed by atoms with van der Waals surface area (Å²) in [6, 6.07) is -0.166. The van der Waals surface area contributed by atoms with Gasteiger partial charge in [0.25, 0.3) is 0 Å². The number of amides is 2. The molecule has 2 aliphatic rings. The lowest BCUT2D eigenvalue weighted by Crippen LogP contribution is -2.56. The Kier molecular flexibility index (Phi) is 4.94. The fraction of sp³-hybridized carbons (Fsp3) is 0.818. The number of hydrogen-bond acceptors (Lipinski definition) is 3. The van der Waals surface area contributed by atoms with E-state index in [9.17, 15) is 9.59 Å². The summed E-state index contributed by atoms with van der Waals surface area (Å²) >= 11 is 0. The van der Waals surface area contributed by atoms with Gasteiger partial charge in [-0.15, -0.1) is 0 Å². The van der Waals surface area contributed by atoms with Gasteiger partial charge in [0.05, 0.1) is 12.6 Å². The minimum absolute atomic E-state index is 0.00587. The first kappa shape index (κ1) is 14.2. The maximum atomic E-state index is 12.6. The van der Waals surface area contributed by atoms with Crippen LogP contribution in [-0.2, 0) is 9.59 Å². The predicted molar refractivity (Wildman–Crippen MR) is 76.6 cm³/mol. The molecule has 0 aromatic rings. The molecule has 0 aromatic heterocycles. The Labute approximate surface area is 112 Å². The molecule has 5 nitrogen and oxygen atoms in total. The maximum Gasteiger partial charge on any atom is 0.242 e. The van der Waals surface area contributed by atoms with E-state index in [1.165, 1.54) is 0 Å². The molecule has 0 spiro atoms. The van der Waals surface area contributed by atoms with Crippen molar-refractivity contribution < 1.29 is 9.59 Å². The second-order valence-electron chi connectivity index (χ2n) is 4.84. The van der Waals surface area contributed by atoms with Gasteiger partial charge in [-0.3, -0.25) is 14.3 Å². The SMILES string of the molecule is CCCN1CC(=O)NC2CCCN(PP)C2C1=O. The van der Waals surface area contributed by atoms with Crippen molar-refractivity contribution in [1.82, 2.24) is 14.9 Å². The Balaban J connectivity index is 2.22. The number of nitrogens with zero attached hydrogens (tertiary/aromatic N) is 2. The molecule has 0 radical (unpaired) electrons. The maximum absolute atomic E-state index is 12.6. The molecule has 4 atom stereocenters. The fourth-order valence-electron chi connectivity index (χ4n) is 2.75. The highest BCUT2D eigenvalue weighted by atomic mass is 32.0. The molecule has 0 bridgehead atoms. The van der Waals surface area contributed by atoms with Gasteiger partial charge in [0.15, 0.2) is 0 Å². The van der Waals surface area contributed by atoms with E-state index < -0.39 is 0 Å². The second-order valence-corrected chi connectivity index (χ2v) is 6.45. The van der Waals surface area contributed by atoms with Gasteiger partial charge in [0.1, 0.15) is 6.04 Å². The number of fused-ring (bicyclic) bond motifs is 1. The lowest BCUT2D eigenvalue weighted by molar-refractivity contribution is -0.137. The van der Waals surface area contributed by atoms with Crippen molar-refractivity contribution >= 4 is 29.2 Å². The van der Waals surface area contributed by atoms with Crippen molar-refractivity contribution in [2.24, 2.45) is 0 Å². The second kappa shape index (κ2) is 6.27. The van der Waals surface area contributed by atoms with Crippen LogP contribution < -0.4 is 5.32 Å². The molecule has 7 heteroatoms. The van der Waals surface area contributed by atoms with Crippen LogP contribution in [0.4, 0.5) is 0 Å². The number of rotatable bonds is 3. The van der Waals surface area contributed by atoms with E-state index in [2.05, 4.69) is 18.9 Å². The van der Waals surface area contributed by atoms with Gasteiger partial charge in [-0.05, 0) is 27.7 Å². The minimum Gasteiger partial charge on any atom is -0.350 e. The molecule has 0 aromatic carbocycles. The molecule has 2 rings (SSSR count). The third-order valence-electron chi connectivity index (χ3n) is 3.54. The first-order valence-corrected chi connectivity index (χ1v) is 9.24. The lowest BCUT2D eigenvalue weighted by atomic mass is 9.98. The molecular weight excluding hydrogens is 268 g/mol. The molecule has 102 valence electrons. The molecule has 2 heterocycles. The average molecular weight is 289 g/mol. The van der Waals surface area contributed by atoms with Crippen molar-refractivity contribution in [3.63, 3.8) is 0 Å². The van der Waals surface area contributed by atoms with E-state index >= 15 is 0 Å². The van der Waals surface area contributed by atoms with Crippen LogP contribution in [-0.4, -0.2) is 53.1 Å². The van der Waals surface area contributed by atoms with E-state index in [4.69, 9.17) is 0 Å². The van der Waals surface area contributed by atoms with Gasteiger partial charge in [0.2, 0.25) is 11.8 Å². The van der Waals surface area contributed by atoms with Crippen LogP contribution in [0, 0.1) is 0 Å². The molecule has 0 aliphatic carbocycles. The van der Waals surface area contributed by atoms with E-state index in [0.717, 1.165) is 25.8 Å². The molecule has 0 saturated carbocycles. The quantitative estimate of drug-likeness (QED) is 0.773. The zero-order valence-corrected chi connectivity index (χ0v) is 12.8. The number of carbonyl (C=O) groups excluding carboxylic acids is 2. The summed E-state index contributed by atoms with van der Waals surface area (Å²) < 4.78 is 2.19. The van der Waals surface area contributed by atoms with Crippen molar-refractivity contribution in [3.8, 4) is 0 Å². The highest BCUT2D eigenvalue weighted by Gasteiger charge is 2.41. The van der Waals surface area contributed by atoms with Gasteiger partial charge >= 0.3 is 0 Å². The Morgan fingerprint density at radius 1 is 1.50 bits per heavy atom. The largest absolute Gasteiger partial charge is 0.350 e. The first-order valence-electron chi connectivity index (χ1n) is 6.48. The van der Waals surface area contributed by atoms with Crippen LogP contribution in [0.2, 0.25) is 0 Å².